The molecule has 1 N–H and O–H groups in total. The zero-order valence-electron chi connectivity index (χ0n) is 8.17. The average Bonchev–Trinajstić information content (AvgIpc) is 2.40. The van der Waals surface area contributed by atoms with E-state index in [9.17, 15) is 4.79 Å². The third-order valence-corrected chi connectivity index (χ3v) is 2.51. The van der Waals surface area contributed by atoms with Gasteiger partial charge in [-0.25, -0.2) is 0 Å². The van der Waals surface area contributed by atoms with Crippen molar-refractivity contribution in [3.05, 3.63) is 29.3 Å². The Morgan fingerprint density at radius 1 is 1.29 bits per heavy atom. The second-order valence-electron chi connectivity index (χ2n) is 3.41. The van der Waals surface area contributed by atoms with Gasteiger partial charge in [-0.1, -0.05) is 6.07 Å². The van der Waals surface area contributed by atoms with Gasteiger partial charge in [-0.15, -0.1) is 0 Å². The Kier molecular flexibility index (Phi) is 2.39. The Labute approximate surface area is 83.1 Å². The van der Waals surface area contributed by atoms with Crippen molar-refractivity contribution in [2.45, 2.75) is 19.4 Å². The highest BCUT2D eigenvalue weighted by Gasteiger charge is 2.12. The molecule has 1 aromatic rings. The molecule has 0 atom stereocenters. The van der Waals surface area contributed by atoms with E-state index in [0.29, 0.717) is 13.0 Å². The molecular formula is C11H13NO2. The van der Waals surface area contributed by atoms with Crippen molar-refractivity contribution in [1.82, 2.24) is 5.32 Å². The lowest BCUT2D eigenvalue weighted by molar-refractivity contribution is -0.121. The summed E-state index contributed by atoms with van der Waals surface area (Å²) >= 11 is 0. The molecule has 0 spiro atoms. The van der Waals surface area contributed by atoms with Crippen molar-refractivity contribution >= 4 is 5.91 Å². The summed E-state index contributed by atoms with van der Waals surface area (Å²) in [6.07, 6.45) is 1.37. The maximum atomic E-state index is 11.2. The monoisotopic (exact) mass is 191 g/mol. The maximum Gasteiger partial charge on any atom is 0.220 e. The Hall–Kier alpha value is -1.51. The highest BCUT2D eigenvalue weighted by Crippen LogP contribution is 2.20. The molecule has 1 amide bonds. The van der Waals surface area contributed by atoms with Crippen LogP contribution in [0, 0.1) is 0 Å². The Balaban J connectivity index is 2.31. The first-order chi connectivity index (χ1) is 6.79. The van der Waals surface area contributed by atoms with Gasteiger partial charge in [-0.2, -0.15) is 0 Å². The minimum atomic E-state index is 0.125. The molecule has 14 heavy (non-hydrogen) atoms. The molecule has 0 saturated heterocycles. The van der Waals surface area contributed by atoms with Crippen LogP contribution in [0.2, 0.25) is 0 Å². The van der Waals surface area contributed by atoms with E-state index in [-0.39, 0.29) is 5.91 Å². The first kappa shape index (κ1) is 9.06. The van der Waals surface area contributed by atoms with E-state index in [0.717, 1.165) is 12.2 Å². The van der Waals surface area contributed by atoms with Crippen LogP contribution in [-0.2, 0) is 17.8 Å². The second-order valence-corrected chi connectivity index (χ2v) is 3.41. The smallest absolute Gasteiger partial charge is 0.220 e. The van der Waals surface area contributed by atoms with Crippen LogP contribution < -0.4 is 10.1 Å². The maximum absolute atomic E-state index is 11.2. The number of amides is 1. The molecule has 1 heterocycles. The number of aryl methyl sites for hydroxylation is 1. The van der Waals surface area contributed by atoms with Gasteiger partial charge in [0.1, 0.15) is 5.75 Å². The topological polar surface area (TPSA) is 38.3 Å². The van der Waals surface area contributed by atoms with Gasteiger partial charge in [0.15, 0.2) is 0 Å². The minimum absolute atomic E-state index is 0.125. The van der Waals surface area contributed by atoms with Gasteiger partial charge < -0.3 is 10.1 Å². The zero-order valence-corrected chi connectivity index (χ0v) is 8.17. The fraction of sp³-hybridized carbons (Fsp3) is 0.364. The van der Waals surface area contributed by atoms with Crippen molar-refractivity contribution in [2.75, 3.05) is 7.11 Å². The number of nitrogens with one attached hydrogen (secondary N) is 1. The summed E-state index contributed by atoms with van der Waals surface area (Å²) in [6.45, 7) is 0.637. The van der Waals surface area contributed by atoms with Crippen LogP contribution in [0.4, 0.5) is 0 Å². The molecule has 0 radical (unpaired) electrons. The van der Waals surface area contributed by atoms with E-state index in [1.54, 1.807) is 7.11 Å². The normalized spacial score (nSPS) is 15.4. The first-order valence-electron chi connectivity index (χ1n) is 4.72. The van der Waals surface area contributed by atoms with Crippen LogP contribution in [-0.4, -0.2) is 13.0 Å². The van der Waals surface area contributed by atoms with E-state index in [1.807, 2.05) is 18.2 Å². The highest BCUT2D eigenvalue weighted by molar-refractivity contribution is 5.77. The van der Waals surface area contributed by atoms with Crippen LogP contribution in [0.25, 0.3) is 0 Å². The van der Waals surface area contributed by atoms with E-state index in [2.05, 4.69) is 5.32 Å². The average molecular weight is 191 g/mol. The number of fused-ring (bicyclic) bond motifs is 1. The highest BCUT2D eigenvalue weighted by atomic mass is 16.5. The summed E-state index contributed by atoms with van der Waals surface area (Å²) in [5, 5.41) is 2.86. The van der Waals surface area contributed by atoms with Crippen molar-refractivity contribution in [2.24, 2.45) is 0 Å². The summed E-state index contributed by atoms with van der Waals surface area (Å²) in [5.41, 5.74) is 2.40. The molecule has 1 aliphatic heterocycles. The van der Waals surface area contributed by atoms with E-state index >= 15 is 0 Å². The van der Waals surface area contributed by atoms with Gasteiger partial charge in [-0.05, 0) is 29.7 Å². The van der Waals surface area contributed by atoms with Gasteiger partial charge in [0.2, 0.25) is 5.91 Å². The largest absolute Gasteiger partial charge is 0.497 e. The quantitative estimate of drug-likeness (QED) is 0.725. The lowest BCUT2D eigenvalue weighted by atomic mass is 10.0. The third kappa shape index (κ3) is 1.71. The van der Waals surface area contributed by atoms with Crippen molar-refractivity contribution < 1.29 is 9.53 Å². The van der Waals surface area contributed by atoms with Crippen LogP contribution in [0.15, 0.2) is 18.2 Å². The second kappa shape index (κ2) is 3.70. The minimum Gasteiger partial charge on any atom is -0.497 e. The molecule has 1 aliphatic rings. The molecule has 0 aromatic heterocycles. The van der Waals surface area contributed by atoms with Crippen LogP contribution >= 0.6 is 0 Å². The Bertz CT molecular complexity index is 360. The summed E-state index contributed by atoms with van der Waals surface area (Å²) in [4.78, 5) is 11.2. The lowest BCUT2D eigenvalue weighted by Gasteiger charge is -2.07. The van der Waals surface area contributed by atoms with Crippen LogP contribution in [0.3, 0.4) is 0 Å². The fourth-order valence-corrected chi connectivity index (χ4v) is 1.66. The summed E-state index contributed by atoms with van der Waals surface area (Å²) in [6, 6.07) is 5.95. The molecule has 3 nitrogen and oxygen atoms in total. The van der Waals surface area contributed by atoms with E-state index in [1.165, 1.54) is 11.1 Å². The van der Waals surface area contributed by atoms with Gasteiger partial charge in [0, 0.05) is 13.0 Å². The van der Waals surface area contributed by atoms with Gasteiger partial charge >= 0.3 is 0 Å². The van der Waals surface area contributed by atoms with Crippen LogP contribution in [0.5, 0.6) is 5.75 Å². The SMILES string of the molecule is COc1ccc2c(c1)CCC(=O)NC2. The molecule has 0 fully saturated rings. The van der Waals surface area contributed by atoms with Crippen molar-refractivity contribution in [3.8, 4) is 5.75 Å². The van der Waals surface area contributed by atoms with Crippen molar-refractivity contribution in [3.63, 3.8) is 0 Å². The fourth-order valence-electron chi connectivity index (χ4n) is 1.66. The predicted octanol–water partition coefficient (Wildman–Crippen LogP) is 1.26. The number of methoxy groups -OCH3 is 1. The lowest BCUT2D eigenvalue weighted by Crippen LogP contribution is -2.20. The molecule has 0 unspecified atom stereocenters. The molecule has 0 bridgehead atoms. The molecule has 2 rings (SSSR count). The summed E-state index contributed by atoms with van der Waals surface area (Å²) in [7, 11) is 1.65. The number of carbonyl (C=O) groups excluding carboxylic acids is 1. The number of rotatable bonds is 1. The number of carbonyl (C=O) groups is 1. The van der Waals surface area contributed by atoms with E-state index in [4.69, 9.17) is 4.74 Å². The zero-order chi connectivity index (χ0) is 9.97. The van der Waals surface area contributed by atoms with Gasteiger partial charge in [-0.3, -0.25) is 4.79 Å². The predicted molar refractivity (Wildman–Crippen MR) is 53.2 cm³/mol. The first-order valence-corrected chi connectivity index (χ1v) is 4.72. The standard InChI is InChI=1S/C11H13NO2/c1-14-10-4-2-9-7-12-11(13)5-3-8(9)6-10/h2,4,6H,3,5,7H2,1H3,(H,12,13). The molecule has 0 saturated carbocycles. The summed E-state index contributed by atoms with van der Waals surface area (Å²) < 4.78 is 5.14. The molecule has 0 aliphatic carbocycles. The number of ether oxygens (including phenoxy) is 1. The van der Waals surface area contributed by atoms with Crippen LogP contribution in [0.1, 0.15) is 17.5 Å². The van der Waals surface area contributed by atoms with E-state index < -0.39 is 0 Å². The molecular weight excluding hydrogens is 178 g/mol. The van der Waals surface area contributed by atoms with Gasteiger partial charge in [0.25, 0.3) is 0 Å². The number of benzene rings is 1. The van der Waals surface area contributed by atoms with Crippen molar-refractivity contribution in [1.29, 1.82) is 0 Å². The Morgan fingerprint density at radius 2 is 2.14 bits per heavy atom. The molecule has 3 heteroatoms. The Morgan fingerprint density at radius 3 is 2.93 bits per heavy atom. The molecule has 1 aromatic carbocycles. The summed E-state index contributed by atoms with van der Waals surface area (Å²) in [5.74, 6) is 0.985. The number of hydrogen-bond donors (Lipinski definition) is 1. The molecule has 74 valence electrons. The van der Waals surface area contributed by atoms with Gasteiger partial charge in [0.05, 0.1) is 7.11 Å². The third-order valence-electron chi connectivity index (χ3n) is 2.51. The number of hydrogen-bond acceptors (Lipinski definition) is 2.